The molecule has 0 aliphatic carbocycles. The number of methoxy groups -OCH3 is 1. The van der Waals surface area contributed by atoms with Crippen LogP contribution in [0.3, 0.4) is 0 Å². The number of ether oxygens (including phenoxy) is 1. The van der Waals surface area contributed by atoms with Gasteiger partial charge in [0.25, 0.3) is 0 Å². The van der Waals surface area contributed by atoms with Gasteiger partial charge in [0.05, 0.1) is 18.9 Å². The Morgan fingerprint density at radius 1 is 1.30 bits per heavy atom. The summed E-state index contributed by atoms with van der Waals surface area (Å²) in [7, 11) is 1.28. The van der Waals surface area contributed by atoms with Crippen molar-refractivity contribution in [3.05, 3.63) is 35.6 Å². The number of carbonyl (C=O) groups excluding carboxylic acids is 3. The molecule has 27 heavy (non-hydrogen) atoms. The molecular formula is C19H23FN2O4S. The second-order valence-corrected chi connectivity index (χ2v) is 7.79. The lowest BCUT2D eigenvalue weighted by atomic mass is 9.78. The lowest BCUT2D eigenvalue weighted by Gasteiger charge is -2.32. The van der Waals surface area contributed by atoms with Gasteiger partial charge in [-0.25, -0.2) is 4.39 Å². The lowest BCUT2D eigenvalue weighted by molar-refractivity contribution is -0.154. The largest absolute Gasteiger partial charge is 0.468 e. The smallest absolute Gasteiger partial charge is 0.326 e. The minimum atomic E-state index is -1.28. The van der Waals surface area contributed by atoms with Gasteiger partial charge < -0.3 is 4.74 Å². The maximum absolute atomic E-state index is 13.4. The molecule has 1 aromatic rings. The first kappa shape index (κ1) is 19.8. The molecule has 2 heterocycles. The average Bonchev–Trinajstić information content (AvgIpc) is 3.14. The molecule has 0 bridgehead atoms. The number of thioether (sulfide) groups is 1. The van der Waals surface area contributed by atoms with E-state index in [-0.39, 0.29) is 24.2 Å². The zero-order valence-electron chi connectivity index (χ0n) is 15.5. The second kappa shape index (κ2) is 7.59. The maximum Gasteiger partial charge on any atom is 0.326 e. The number of amides is 2. The summed E-state index contributed by atoms with van der Waals surface area (Å²) in [6.07, 6.45) is 2.27. The molecule has 6 nitrogen and oxygen atoms in total. The minimum Gasteiger partial charge on any atom is -0.468 e. The van der Waals surface area contributed by atoms with Crippen LogP contribution in [0.5, 0.6) is 0 Å². The summed E-state index contributed by atoms with van der Waals surface area (Å²) in [4.78, 5) is 40.1. The van der Waals surface area contributed by atoms with Crippen LogP contribution >= 0.6 is 11.8 Å². The van der Waals surface area contributed by atoms with Gasteiger partial charge in [-0.05, 0) is 43.0 Å². The lowest BCUT2D eigenvalue weighted by Crippen LogP contribution is -2.56. The van der Waals surface area contributed by atoms with E-state index in [0.717, 1.165) is 0 Å². The molecule has 8 heteroatoms. The number of rotatable bonds is 6. The Labute approximate surface area is 161 Å². The molecule has 2 saturated heterocycles. The molecule has 1 aromatic carbocycles. The van der Waals surface area contributed by atoms with Crippen molar-refractivity contribution >= 4 is 29.5 Å². The van der Waals surface area contributed by atoms with E-state index in [1.165, 1.54) is 24.1 Å². The number of halogens is 1. The molecule has 146 valence electrons. The molecular weight excluding hydrogens is 371 g/mol. The summed E-state index contributed by atoms with van der Waals surface area (Å²) < 4.78 is 18.4. The van der Waals surface area contributed by atoms with E-state index >= 15 is 0 Å². The average molecular weight is 394 g/mol. The highest BCUT2D eigenvalue weighted by molar-refractivity contribution is 7.98. The normalized spacial score (nSPS) is 29.9. The van der Waals surface area contributed by atoms with E-state index in [1.54, 1.807) is 30.8 Å². The number of benzene rings is 1. The third-order valence-electron chi connectivity index (χ3n) is 5.54. The molecule has 0 radical (unpaired) electrons. The Morgan fingerprint density at radius 3 is 2.52 bits per heavy atom. The number of hydrogen-bond acceptors (Lipinski definition) is 6. The van der Waals surface area contributed by atoms with Gasteiger partial charge in [0, 0.05) is 12.6 Å². The Morgan fingerprint density at radius 2 is 1.96 bits per heavy atom. The molecule has 2 amide bonds. The van der Waals surface area contributed by atoms with Gasteiger partial charge >= 0.3 is 5.97 Å². The highest BCUT2D eigenvalue weighted by atomic mass is 32.2. The van der Waals surface area contributed by atoms with E-state index in [0.29, 0.717) is 17.7 Å². The Kier molecular flexibility index (Phi) is 5.58. The van der Waals surface area contributed by atoms with Gasteiger partial charge in [-0.2, -0.15) is 11.8 Å². The molecule has 0 spiro atoms. The van der Waals surface area contributed by atoms with Gasteiger partial charge in [0.1, 0.15) is 11.4 Å². The van der Waals surface area contributed by atoms with Crippen LogP contribution in [-0.2, 0) is 19.1 Å². The molecule has 1 N–H and O–H groups in total. The van der Waals surface area contributed by atoms with Gasteiger partial charge in [-0.15, -0.1) is 0 Å². The summed E-state index contributed by atoms with van der Waals surface area (Å²) in [5.74, 6) is -2.52. The fourth-order valence-corrected chi connectivity index (χ4v) is 4.82. The van der Waals surface area contributed by atoms with Crippen LogP contribution in [0.2, 0.25) is 0 Å². The third kappa shape index (κ3) is 3.04. The number of nitrogens with zero attached hydrogens (tertiary/aromatic N) is 1. The standard InChI is InChI=1S/C19H23FN2O4S/c1-4-22-16(23)13-14(17(22)24)19(9-10-27-3,18(25)26-2)21-15(13)11-5-7-12(20)8-6-11/h5-8,13-15,21H,4,9-10H2,1-3H3. The summed E-state index contributed by atoms with van der Waals surface area (Å²) in [6, 6.07) is 5.22. The van der Waals surface area contributed by atoms with Crippen molar-refractivity contribution in [1.82, 2.24) is 10.2 Å². The number of hydrogen-bond donors (Lipinski definition) is 1. The van der Waals surface area contributed by atoms with Crippen molar-refractivity contribution in [3.63, 3.8) is 0 Å². The first-order valence-corrected chi connectivity index (χ1v) is 10.3. The maximum atomic E-state index is 13.4. The van der Waals surface area contributed by atoms with E-state index < -0.39 is 29.4 Å². The SMILES string of the molecule is CCN1C(=O)C2C(c3ccc(F)cc3)NC(CCSC)(C(=O)OC)C2C1=O. The van der Waals surface area contributed by atoms with Crippen LogP contribution in [-0.4, -0.2) is 53.9 Å². The highest BCUT2D eigenvalue weighted by Crippen LogP contribution is 2.50. The number of carbonyl (C=O) groups is 3. The predicted octanol–water partition coefficient (Wildman–Crippen LogP) is 1.76. The molecule has 0 aromatic heterocycles. The van der Waals surface area contributed by atoms with Crippen molar-refractivity contribution in [2.24, 2.45) is 11.8 Å². The molecule has 4 unspecified atom stereocenters. The first-order chi connectivity index (χ1) is 12.9. The van der Waals surface area contributed by atoms with Crippen molar-refractivity contribution < 1.29 is 23.5 Å². The van der Waals surface area contributed by atoms with Crippen molar-refractivity contribution in [1.29, 1.82) is 0 Å². The number of fused-ring (bicyclic) bond motifs is 1. The zero-order chi connectivity index (χ0) is 19.8. The molecule has 4 atom stereocenters. The Hall–Kier alpha value is -1.93. The summed E-state index contributed by atoms with van der Waals surface area (Å²) in [6.45, 7) is 1.99. The van der Waals surface area contributed by atoms with Crippen LogP contribution in [0, 0.1) is 17.7 Å². The topological polar surface area (TPSA) is 75.7 Å². The number of nitrogens with one attached hydrogen (secondary N) is 1. The Bertz CT molecular complexity index is 757. The van der Waals surface area contributed by atoms with Crippen molar-refractivity contribution in [3.8, 4) is 0 Å². The highest BCUT2D eigenvalue weighted by Gasteiger charge is 2.68. The summed E-state index contributed by atoms with van der Waals surface area (Å²) in [5, 5.41) is 3.25. The van der Waals surface area contributed by atoms with Gasteiger partial charge in [-0.3, -0.25) is 24.6 Å². The van der Waals surface area contributed by atoms with Gasteiger partial charge in [0.2, 0.25) is 11.8 Å². The summed E-state index contributed by atoms with van der Waals surface area (Å²) >= 11 is 1.55. The quantitative estimate of drug-likeness (QED) is 0.585. The number of likely N-dealkylation sites (tertiary alicyclic amines) is 1. The molecule has 2 aliphatic rings. The van der Waals surface area contributed by atoms with Crippen LogP contribution in [0.1, 0.15) is 24.9 Å². The van der Waals surface area contributed by atoms with Crippen LogP contribution in [0.15, 0.2) is 24.3 Å². The van der Waals surface area contributed by atoms with E-state index in [1.807, 2.05) is 6.26 Å². The van der Waals surface area contributed by atoms with Crippen molar-refractivity contribution in [2.45, 2.75) is 24.9 Å². The molecule has 2 fully saturated rings. The van der Waals surface area contributed by atoms with Crippen molar-refractivity contribution in [2.75, 3.05) is 25.7 Å². The van der Waals surface area contributed by atoms with Crippen LogP contribution in [0.25, 0.3) is 0 Å². The molecule has 3 rings (SSSR count). The van der Waals surface area contributed by atoms with Gasteiger partial charge in [0.15, 0.2) is 0 Å². The Balaban J connectivity index is 2.12. The van der Waals surface area contributed by atoms with Gasteiger partial charge in [-0.1, -0.05) is 12.1 Å². The monoisotopic (exact) mass is 394 g/mol. The fourth-order valence-electron chi connectivity index (χ4n) is 4.30. The van der Waals surface area contributed by atoms with Crippen LogP contribution < -0.4 is 5.32 Å². The predicted molar refractivity (Wildman–Crippen MR) is 99.4 cm³/mol. The second-order valence-electron chi connectivity index (χ2n) is 6.80. The number of esters is 1. The third-order valence-corrected chi connectivity index (χ3v) is 6.15. The first-order valence-electron chi connectivity index (χ1n) is 8.87. The fraction of sp³-hybridized carbons (Fsp3) is 0.526. The van der Waals surface area contributed by atoms with Crippen LogP contribution in [0.4, 0.5) is 4.39 Å². The molecule has 2 aliphatic heterocycles. The zero-order valence-corrected chi connectivity index (χ0v) is 16.3. The molecule has 0 saturated carbocycles. The summed E-state index contributed by atoms with van der Waals surface area (Å²) in [5.41, 5.74) is -0.613. The van der Waals surface area contributed by atoms with E-state index in [9.17, 15) is 18.8 Å². The van der Waals surface area contributed by atoms with E-state index in [4.69, 9.17) is 4.74 Å². The van der Waals surface area contributed by atoms with E-state index in [2.05, 4.69) is 5.32 Å². The minimum absolute atomic E-state index is 0.251. The number of imide groups is 1.